The minimum Gasteiger partial charge on any atom is -0.480 e. The maximum atomic E-state index is 11.6. The van der Waals surface area contributed by atoms with E-state index in [0.717, 1.165) is 10.8 Å². The Morgan fingerprint density at radius 2 is 1.89 bits per heavy atom. The van der Waals surface area contributed by atoms with Crippen LogP contribution in [0.3, 0.4) is 0 Å². The van der Waals surface area contributed by atoms with Crippen molar-refractivity contribution in [3.05, 3.63) is 42.0 Å². The van der Waals surface area contributed by atoms with Crippen LogP contribution in [0.2, 0.25) is 0 Å². The lowest BCUT2D eigenvalue weighted by Gasteiger charge is -2.09. The van der Waals surface area contributed by atoms with Crippen LogP contribution in [0.15, 0.2) is 36.4 Å². The molecule has 0 fully saturated rings. The number of carbonyl (C=O) groups excluding carboxylic acids is 1. The van der Waals surface area contributed by atoms with E-state index >= 15 is 0 Å². The number of fused-ring (bicyclic) bond motifs is 1. The molecular weight excluding hydrogens is 240 g/mol. The number of ketones is 1. The van der Waals surface area contributed by atoms with E-state index in [9.17, 15) is 4.79 Å². The van der Waals surface area contributed by atoms with E-state index in [1.807, 2.05) is 24.3 Å². The fourth-order valence-corrected chi connectivity index (χ4v) is 1.93. The lowest BCUT2D eigenvalue weighted by molar-refractivity contribution is 0.101. The molecule has 2 aromatic carbocycles. The molecule has 0 amide bonds. The molecular formula is C16H14O3. The summed E-state index contributed by atoms with van der Waals surface area (Å²) in [6.45, 7) is 1.59. The first-order valence-corrected chi connectivity index (χ1v) is 5.96. The molecule has 3 heteroatoms. The van der Waals surface area contributed by atoms with Gasteiger partial charge in [0.25, 0.3) is 0 Å². The fourth-order valence-electron chi connectivity index (χ4n) is 1.93. The van der Waals surface area contributed by atoms with Crippen molar-refractivity contribution in [2.45, 2.75) is 6.92 Å². The van der Waals surface area contributed by atoms with Crippen LogP contribution in [-0.2, 0) is 0 Å². The summed E-state index contributed by atoms with van der Waals surface area (Å²) in [6, 6.07) is 11.1. The van der Waals surface area contributed by atoms with Crippen molar-refractivity contribution in [1.82, 2.24) is 0 Å². The number of aliphatic hydroxyl groups is 1. The first-order valence-electron chi connectivity index (χ1n) is 5.96. The Labute approximate surface area is 111 Å². The maximum absolute atomic E-state index is 11.6. The molecule has 1 N–H and O–H groups in total. The van der Waals surface area contributed by atoms with Crippen molar-refractivity contribution in [3.63, 3.8) is 0 Å². The normalized spacial score (nSPS) is 9.79. The topological polar surface area (TPSA) is 46.5 Å². The Balaban J connectivity index is 2.41. The molecule has 0 radical (unpaired) electrons. The van der Waals surface area contributed by atoms with Gasteiger partial charge in [-0.05, 0) is 24.4 Å². The zero-order valence-electron chi connectivity index (χ0n) is 10.6. The second kappa shape index (κ2) is 6.03. The largest absolute Gasteiger partial charge is 0.480 e. The number of carbonyl (C=O) groups is 1. The SMILES string of the molecule is CC(=O)c1ccc(OCC#CCO)c2ccccc12. The number of ether oxygens (including phenoxy) is 1. The van der Waals surface area contributed by atoms with Crippen LogP contribution in [-0.4, -0.2) is 24.1 Å². The molecule has 0 aliphatic carbocycles. The van der Waals surface area contributed by atoms with E-state index in [0.29, 0.717) is 11.3 Å². The third-order valence-corrected chi connectivity index (χ3v) is 2.77. The van der Waals surface area contributed by atoms with E-state index in [1.54, 1.807) is 19.1 Å². The molecule has 0 aliphatic heterocycles. The molecule has 0 atom stereocenters. The Kier molecular flexibility index (Phi) is 4.17. The number of benzene rings is 2. The van der Waals surface area contributed by atoms with Gasteiger partial charge in [-0.1, -0.05) is 36.1 Å². The Morgan fingerprint density at radius 3 is 2.58 bits per heavy atom. The monoisotopic (exact) mass is 254 g/mol. The summed E-state index contributed by atoms with van der Waals surface area (Å²) in [5.74, 6) is 5.94. The van der Waals surface area contributed by atoms with Crippen molar-refractivity contribution in [3.8, 4) is 17.6 Å². The number of hydrogen-bond acceptors (Lipinski definition) is 3. The third kappa shape index (κ3) is 2.93. The molecule has 19 heavy (non-hydrogen) atoms. The predicted molar refractivity (Wildman–Crippen MR) is 74.3 cm³/mol. The number of Topliss-reactive ketones (excluding diaryl/α,β-unsaturated/α-hetero) is 1. The van der Waals surface area contributed by atoms with Gasteiger partial charge >= 0.3 is 0 Å². The molecule has 0 bridgehead atoms. The smallest absolute Gasteiger partial charge is 0.160 e. The van der Waals surface area contributed by atoms with E-state index < -0.39 is 0 Å². The van der Waals surface area contributed by atoms with Crippen LogP contribution in [0.4, 0.5) is 0 Å². The number of rotatable bonds is 3. The zero-order valence-corrected chi connectivity index (χ0v) is 10.6. The van der Waals surface area contributed by atoms with Crippen LogP contribution >= 0.6 is 0 Å². The summed E-state index contributed by atoms with van der Waals surface area (Å²) >= 11 is 0. The van der Waals surface area contributed by atoms with Crippen LogP contribution in [0.5, 0.6) is 5.75 Å². The number of hydrogen-bond donors (Lipinski definition) is 1. The van der Waals surface area contributed by atoms with E-state index in [4.69, 9.17) is 9.84 Å². The molecule has 0 saturated carbocycles. The van der Waals surface area contributed by atoms with Crippen LogP contribution in [0.25, 0.3) is 10.8 Å². The average molecular weight is 254 g/mol. The summed E-state index contributed by atoms with van der Waals surface area (Å²) in [5, 5.41) is 10.3. The molecule has 3 nitrogen and oxygen atoms in total. The first kappa shape index (κ1) is 13.1. The van der Waals surface area contributed by atoms with E-state index in [2.05, 4.69) is 11.8 Å². The van der Waals surface area contributed by atoms with Gasteiger partial charge in [-0.3, -0.25) is 4.79 Å². The molecule has 2 aromatic rings. The van der Waals surface area contributed by atoms with Crippen LogP contribution in [0.1, 0.15) is 17.3 Å². The molecule has 0 heterocycles. The summed E-state index contributed by atoms with van der Waals surface area (Å²) < 4.78 is 5.56. The summed E-state index contributed by atoms with van der Waals surface area (Å²) in [4.78, 5) is 11.6. The highest BCUT2D eigenvalue weighted by molar-refractivity contribution is 6.08. The summed E-state index contributed by atoms with van der Waals surface area (Å²) in [7, 11) is 0. The molecule has 0 aliphatic rings. The Morgan fingerprint density at radius 1 is 1.16 bits per heavy atom. The average Bonchev–Trinajstić information content (AvgIpc) is 2.43. The quantitative estimate of drug-likeness (QED) is 0.676. The van der Waals surface area contributed by atoms with Crippen molar-refractivity contribution in [2.75, 3.05) is 13.2 Å². The molecule has 0 saturated heterocycles. The van der Waals surface area contributed by atoms with Crippen LogP contribution in [0, 0.1) is 11.8 Å². The fraction of sp³-hybridized carbons (Fsp3) is 0.188. The molecule has 0 spiro atoms. The summed E-state index contributed by atoms with van der Waals surface area (Å²) in [5.41, 5.74) is 0.685. The lowest BCUT2D eigenvalue weighted by atomic mass is 10.0. The van der Waals surface area contributed by atoms with Gasteiger partial charge in [0, 0.05) is 10.9 Å². The summed E-state index contributed by atoms with van der Waals surface area (Å²) in [6.07, 6.45) is 0. The minimum atomic E-state index is -0.173. The molecule has 0 unspecified atom stereocenters. The first-order chi connectivity index (χ1) is 9.24. The standard InChI is InChI=1S/C16H14O3/c1-12(18)13-8-9-16(19-11-5-4-10-17)15-7-3-2-6-14(13)15/h2-3,6-9,17H,10-11H2,1H3. The highest BCUT2D eigenvalue weighted by Gasteiger charge is 2.09. The number of aliphatic hydroxyl groups excluding tert-OH is 1. The Hall–Kier alpha value is -2.31. The van der Waals surface area contributed by atoms with Gasteiger partial charge in [-0.2, -0.15) is 0 Å². The third-order valence-electron chi connectivity index (χ3n) is 2.77. The van der Waals surface area contributed by atoms with Gasteiger partial charge in [-0.15, -0.1) is 0 Å². The predicted octanol–water partition coefficient (Wildman–Crippen LogP) is 2.42. The van der Waals surface area contributed by atoms with Crippen molar-refractivity contribution in [2.24, 2.45) is 0 Å². The highest BCUT2D eigenvalue weighted by atomic mass is 16.5. The van der Waals surface area contributed by atoms with Crippen LogP contribution < -0.4 is 4.74 Å². The van der Waals surface area contributed by atoms with Crippen molar-refractivity contribution >= 4 is 16.6 Å². The van der Waals surface area contributed by atoms with E-state index in [-0.39, 0.29) is 19.0 Å². The van der Waals surface area contributed by atoms with Gasteiger partial charge in [0.2, 0.25) is 0 Å². The lowest BCUT2D eigenvalue weighted by Crippen LogP contribution is -1.98. The maximum Gasteiger partial charge on any atom is 0.160 e. The van der Waals surface area contributed by atoms with Crippen molar-refractivity contribution in [1.29, 1.82) is 0 Å². The second-order valence-corrected chi connectivity index (χ2v) is 4.01. The van der Waals surface area contributed by atoms with Gasteiger partial charge < -0.3 is 9.84 Å². The van der Waals surface area contributed by atoms with Gasteiger partial charge in [0.1, 0.15) is 19.0 Å². The Bertz CT molecular complexity index is 662. The second-order valence-electron chi connectivity index (χ2n) is 4.01. The van der Waals surface area contributed by atoms with Crippen molar-refractivity contribution < 1.29 is 14.6 Å². The molecule has 96 valence electrons. The van der Waals surface area contributed by atoms with Gasteiger partial charge in [-0.25, -0.2) is 0 Å². The van der Waals surface area contributed by atoms with E-state index in [1.165, 1.54) is 0 Å². The zero-order chi connectivity index (χ0) is 13.7. The molecule has 2 rings (SSSR count). The van der Waals surface area contributed by atoms with Gasteiger partial charge in [0.05, 0.1) is 0 Å². The highest BCUT2D eigenvalue weighted by Crippen LogP contribution is 2.28. The minimum absolute atomic E-state index is 0.0304. The molecule has 0 aromatic heterocycles. The van der Waals surface area contributed by atoms with Gasteiger partial charge in [0.15, 0.2) is 5.78 Å².